The van der Waals surface area contributed by atoms with Gasteiger partial charge in [-0.3, -0.25) is 9.20 Å². The van der Waals surface area contributed by atoms with E-state index in [0.717, 1.165) is 38.9 Å². The van der Waals surface area contributed by atoms with Crippen LogP contribution in [0.15, 0.2) is 34.9 Å². The van der Waals surface area contributed by atoms with Crippen molar-refractivity contribution in [3.05, 3.63) is 63.3 Å². The molecule has 2 aromatic heterocycles. The largest absolute Gasteiger partial charge is 0.491 e. The normalized spacial score (nSPS) is 11.2. The number of rotatable bonds is 12. The van der Waals surface area contributed by atoms with Crippen molar-refractivity contribution in [2.45, 2.75) is 46.5 Å². The molecule has 0 fully saturated rings. The van der Waals surface area contributed by atoms with Crippen LogP contribution in [0.2, 0.25) is 0 Å². The Balaban J connectivity index is 1.91. The molecule has 0 unspecified atom stereocenters. The molecule has 180 valence electrons. The van der Waals surface area contributed by atoms with Crippen LogP contribution in [0, 0.1) is 17.1 Å². The maximum Gasteiger partial charge on any atom is 0.211 e. The second kappa shape index (κ2) is 12.1. The highest BCUT2D eigenvalue weighted by Crippen LogP contribution is 2.32. The van der Waals surface area contributed by atoms with E-state index in [0.29, 0.717) is 45.8 Å². The number of imidazole rings is 1. The number of aromatic nitrogens is 2. The molecule has 2 heterocycles. The van der Waals surface area contributed by atoms with Crippen LogP contribution >= 0.6 is 15.9 Å². The molecule has 0 bridgehead atoms. The highest BCUT2D eigenvalue weighted by Gasteiger charge is 2.23. The SMILES string of the molecule is CCCCc1nc2ccc(F)cn2c1C(=O)c1cc(Br)c(OCCCN(CC)CC)c(C#N)c1. The third-order valence-electron chi connectivity index (χ3n) is 5.82. The number of nitriles is 1. The number of ketones is 1. The van der Waals surface area contributed by atoms with Gasteiger partial charge in [-0.05, 0) is 72.5 Å². The zero-order valence-corrected chi connectivity index (χ0v) is 21.5. The molecular weight excluding hydrogens is 499 g/mol. The van der Waals surface area contributed by atoms with Gasteiger partial charge in [0.2, 0.25) is 5.78 Å². The maximum atomic E-state index is 14.0. The first-order chi connectivity index (χ1) is 16.4. The van der Waals surface area contributed by atoms with Crippen LogP contribution in [-0.2, 0) is 6.42 Å². The van der Waals surface area contributed by atoms with Gasteiger partial charge in [0, 0.05) is 18.3 Å². The van der Waals surface area contributed by atoms with Crippen molar-refractivity contribution < 1.29 is 13.9 Å². The summed E-state index contributed by atoms with van der Waals surface area (Å²) in [5, 5.41) is 9.74. The third kappa shape index (κ3) is 5.83. The molecule has 0 amide bonds. The molecule has 6 nitrogen and oxygen atoms in total. The first kappa shape index (κ1) is 25.9. The minimum atomic E-state index is -0.451. The Hall–Kier alpha value is -2.76. The van der Waals surface area contributed by atoms with Crippen LogP contribution in [-0.4, -0.2) is 46.3 Å². The second-order valence-corrected chi connectivity index (χ2v) is 8.95. The molecule has 0 saturated heterocycles. The number of ether oxygens (including phenoxy) is 1. The van der Waals surface area contributed by atoms with Gasteiger partial charge in [-0.25, -0.2) is 9.37 Å². The standard InChI is InChI=1S/C26H30BrFN4O2/c1-4-7-9-22-24(32-17-20(28)10-11-23(32)30-22)25(33)18-14-19(16-29)26(21(27)15-18)34-13-8-12-31(5-2)6-3/h10-11,14-15,17H,4-9,12-13H2,1-3H3. The fourth-order valence-electron chi connectivity index (χ4n) is 3.92. The number of hydrogen-bond acceptors (Lipinski definition) is 5. The number of fused-ring (bicyclic) bond motifs is 1. The quantitative estimate of drug-likeness (QED) is 0.219. The number of carbonyl (C=O) groups is 1. The molecule has 34 heavy (non-hydrogen) atoms. The van der Waals surface area contributed by atoms with Crippen molar-refractivity contribution in [3.63, 3.8) is 0 Å². The monoisotopic (exact) mass is 528 g/mol. The summed E-state index contributed by atoms with van der Waals surface area (Å²) in [5.74, 6) is -0.336. The van der Waals surface area contributed by atoms with E-state index >= 15 is 0 Å². The van der Waals surface area contributed by atoms with E-state index < -0.39 is 5.82 Å². The lowest BCUT2D eigenvalue weighted by atomic mass is 10.0. The van der Waals surface area contributed by atoms with Crippen molar-refractivity contribution in [2.24, 2.45) is 0 Å². The molecule has 1 aromatic carbocycles. The summed E-state index contributed by atoms with van der Waals surface area (Å²) in [7, 11) is 0. The van der Waals surface area contributed by atoms with Crippen LogP contribution in [0.25, 0.3) is 5.65 Å². The molecule has 0 aliphatic carbocycles. The fraction of sp³-hybridized carbons (Fsp3) is 0.423. The van der Waals surface area contributed by atoms with E-state index in [1.807, 2.05) is 0 Å². The molecule has 0 atom stereocenters. The second-order valence-electron chi connectivity index (χ2n) is 8.09. The van der Waals surface area contributed by atoms with E-state index in [4.69, 9.17) is 4.74 Å². The molecule has 3 rings (SSSR count). The summed E-state index contributed by atoms with van der Waals surface area (Å²) in [6.07, 6.45) is 4.52. The first-order valence-corrected chi connectivity index (χ1v) is 12.5. The van der Waals surface area contributed by atoms with Crippen molar-refractivity contribution in [1.29, 1.82) is 5.26 Å². The summed E-state index contributed by atoms with van der Waals surface area (Å²) in [5.41, 5.74) is 2.07. The maximum absolute atomic E-state index is 14.0. The summed E-state index contributed by atoms with van der Waals surface area (Å²) < 4.78 is 21.9. The first-order valence-electron chi connectivity index (χ1n) is 11.7. The summed E-state index contributed by atoms with van der Waals surface area (Å²) in [6, 6.07) is 8.23. The van der Waals surface area contributed by atoms with Gasteiger partial charge in [0.15, 0.2) is 5.75 Å². The predicted molar refractivity (Wildman–Crippen MR) is 134 cm³/mol. The molecule has 0 spiro atoms. The zero-order chi connectivity index (χ0) is 24.7. The van der Waals surface area contributed by atoms with Crippen molar-refractivity contribution in [3.8, 4) is 11.8 Å². The van der Waals surface area contributed by atoms with E-state index in [-0.39, 0.29) is 11.3 Å². The van der Waals surface area contributed by atoms with Gasteiger partial charge in [-0.1, -0.05) is 27.2 Å². The van der Waals surface area contributed by atoms with Crippen LogP contribution in [0.5, 0.6) is 5.75 Å². The fourth-order valence-corrected chi connectivity index (χ4v) is 4.49. The Morgan fingerprint density at radius 1 is 1.24 bits per heavy atom. The van der Waals surface area contributed by atoms with Crippen LogP contribution < -0.4 is 4.74 Å². The minimum Gasteiger partial charge on any atom is -0.491 e. The molecule has 3 aromatic rings. The number of nitrogens with zero attached hydrogens (tertiary/aromatic N) is 4. The Bertz CT molecular complexity index is 1200. The van der Waals surface area contributed by atoms with Gasteiger partial charge < -0.3 is 9.64 Å². The molecule has 0 radical (unpaired) electrons. The van der Waals surface area contributed by atoms with Crippen molar-refractivity contribution in [2.75, 3.05) is 26.2 Å². The number of benzene rings is 1. The molecule has 0 N–H and O–H groups in total. The van der Waals surface area contributed by atoms with Gasteiger partial charge >= 0.3 is 0 Å². The number of unbranched alkanes of at least 4 members (excludes halogenated alkanes) is 1. The highest BCUT2D eigenvalue weighted by molar-refractivity contribution is 9.10. The van der Waals surface area contributed by atoms with E-state index in [9.17, 15) is 14.4 Å². The number of halogens is 2. The van der Waals surface area contributed by atoms with Gasteiger partial charge in [0.05, 0.1) is 22.3 Å². The van der Waals surface area contributed by atoms with E-state index in [1.54, 1.807) is 12.1 Å². The van der Waals surface area contributed by atoms with Crippen molar-refractivity contribution in [1.82, 2.24) is 14.3 Å². The Kier molecular flexibility index (Phi) is 9.20. The predicted octanol–water partition coefficient (Wildman–Crippen LogP) is 5.79. The zero-order valence-electron chi connectivity index (χ0n) is 19.9. The van der Waals surface area contributed by atoms with Gasteiger partial charge in [-0.2, -0.15) is 5.26 Å². The van der Waals surface area contributed by atoms with Crippen LogP contribution in [0.3, 0.4) is 0 Å². The molecular formula is C26H30BrFN4O2. The summed E-state index contributed by atoms with van der Waals surface area (Å²) in [4.78, 5) is 20.5. The highest BCUT2D eigenvalue weighted by atomic mass is 79.9. The topological polar surface area (TPSA) is 70.6 Å². The third-order valence-corrected chi connectivity index (χ3v) is 6.41. The van der Waals surface area contributed by atoms with E-state index in [2.05, 4.69) is 52.7 Å². The van der Waals surface area contributed by atoms with E-state index in [1.165, 1.54) is 22.7 Å². The summed E-state index contributed by atoms with van der Waals surface area (Å²) >= 11 is 3.48. The Morgan fingerprint density at radius 2 is 2.00 bits per heavy atom. The number of aryl methyl sites for hydroxylation is 1. The molecule has 0 aliphatic rings. The average molecular weight is 529 g/mol. The molecule has 8 heteroatoms. The van der Waals surface area contributed by atoms with Gasteiger partial charge in [0.1, 0.15) is 23.2 Å². The number of hydrogen-bond donors (Lipinski definition) is 0. The lowest BCUT2D eigenvalue weighted by Gasteiger charge is -2.18. The molecule has 0 aliphatic heterocycles. The van der Waals surface area contributed by atoms with Crippen LogP contribution in [0.1, 0.15) is 67.3 Å². The summed E-state index contributed by atoms with van der Waals surface area (Å²) in [6.45, 7) is 9.64. The van der Waals surface area contributed by atoms with Gasteiger partial charge in [0.25, 0.3) is 0 Å². The Morgan fingerprint density at radius 3 is 2.68 bits per heavy atom. The lowest BCUT2D eigenvalue weighted by Crippen LogP contribution is -2.25. The van der Waals surface area contributed by atoms with Crippen molar-refractivity contribution >= 4 is 27.4 Å². The van der Waals surface area contributed by atoms with Gasteiger partial charge in [-0.15, -0.1) is 0 Å². The smallest absolute Gasteiger partial charge is 0.211 e. The molecule has 0 saturated carbocycles. The lowest BCUT2D eigenvalue weighted by molar-refractivity contribution is 0.103. The Labute approximate surface area is 208 Å². The number of pyridine rings is 1. The minimum absolute atomic E-state index is 0.274. The number of carbonyl (C=O) groups excluding carboxylic acids is 1. The average Bonchev–Trinajstić information content (AvgIpc) is 3.19. The van der Waals surface area contributed by atoms with Crippen LogP contribution in [0.4, 0.5) is 4.39 Å².